The summed E-state index contributed by atoms with van der Waals surface area (Å²) in [6.45, 7) is 0. The average Bonchev–Trinajstić information content (AvgIpc) is 2.72. The van der Waals surface area contributed by atoms with Gasteiger partial charge < -0.3 is 15.5 Å². The van der Waals surface area contributed by atoms with E-state index in [1.54, 1.807) is 0 Å². The van der Waals surface area contributed by atoms with Crippen molar-refractivity contribution in [2.75, 3.05) is 0 Å². The molecule has 0 radical (unpaired) electrons. The Morgan fingerprint density at radius 1 is 1.19 bits per heavy atom. The van der Waals surface area contributed by atoms with E-state index < -0.39 is 18.1 Å². The SMILES string of the molecule is O=C(O)C(F)(F)F.O=C(O)[C@H]1C[C@H]2C[C@H]2N1. The van der Waals surface area contributed by atoms with E-state index in [-0.39, 0.29) is 6.04 Å². The van der Waals surface area contributed by atoms with Gasteiger partial charge in [-0.2, -0.15) is 13.2 Å². The van der Waals surface area contributed by atoms with Crippen LogP contribution in [0.2, 0.25) is 0 Å². The Bertz CT molecular complexity index is 294. The smallest absolute Gasteiger partial charge is 0.480 e. The average molecular weight is 241 g/mol. The second-order valence-corrected chi connectivity index (χ2v) is 3.70. The number of carboxylic acids is 2. The molecule has 92 valence electrons. The Hall–Kier alpha value is -1.31. The molecule has 8 heteroatoms. The van der Waals surface area contributed by atoms with Crippen molar-refractivity contribution in [1.82, 2.24) is 5.32 Å². The molecule has 3 N–H and O–H groups in total. The summed E-state index contributed by atoms with van der Waals surface area (Å²) in [5.74, 6) is -2.76. The maximum Gasteiger partial charge on any atom is 0.490 e. The van der Waals surface area contributed by atoms with Crippen molar-refractivity contribution in [1.29, 1.82) is 0 Å². The van der Waals surface area contributed by atoms with Gasteiger partial charge in [0.2, 0.25) is 0 Å². The van der Waals surface area contributed by atoms with E-state index in [0.717, 1.165) is 6.42 Å². The van der Waals surface area contributed by atoms with Crippen LogP contribution in [0.3, 0.4) is 0 Å². The predicted molar refractivity (Wildman–Crippen MR) is 44.8 cm³/mol. The minimum Gasteiger partial charge on any atom is -0.480 e. The number of hydrogen-bond acceptors (Lipinski definition) is 3. The van der Waals surface area contributed by atoms with Gasteiger partial charge in [0.1, 0.15) is 6.04 Å². The summed E-state index contributed by atoms with van der Waals surface area (Å²) in [7, 11) is 0. The fourth-order valence-electron chi connectivity index (χ4n) is 1.51. The fourth-order valence-corrected chi connectivity index (χ4v) is 1.51. The Kier molecular flexibility index (Phi) is 3.41. The van der Waals surface area contributed by atoms with E-state index in [4.69, 9.17) is 15.0 Å². The molecule has 0 amide bonds. The first-order chi connectivity index (χ1) is 7.21. The van der Waals surface area contributed by atoms with Crippen LogP contribution in [-0.2, 0) is 9.59 Å². The van der Waals surface area contributed by atoms with E-state index in [1.165, 1.54) is 6.42 Å². The number of nitrogens with one attached hydrogen (secondary N) is 1. The van der Waals surface area contributed by atoms with Crippen molar-refractivity contribution >= 4 is 11.9 Å². The molecule has 0 spiro atoms. The molecule has 0 unspecified atom stereocenters. The van der Waals surface area contributed by atoms with E-state index in [1.807, 2.05) is 0 Å². The van der Waals surface area contributed by atoms with Crippen LogP contribution in [0.5, 0.6) is 0 Å². The molecule has 2 rings (SSSR count). The van der Waals surface area contributed by atoms with Crippen molar-refractivity contribution in [2.24, 2.45) is 5.92 Å². The highest BCUT2D eigenvalue weighted by Crippen LogP contribution is 2.40. The van der Waals surface area contributed by atoms with Gasteiger partial charge in [-0.05, 0) is 18.8 Å². The largest absolute Gasteiger partial charge is 0.490 e. The third kappa shape index (κ3) is 3.37. The summed E-state index contributed by atoms with van der Waals surface area (Å²) < 4.78 is 31.7. The maximum absolute atomic E-state index is 10.6. The zero-order valence-electron chi connectivity index (χ0n) is 7.99. The molecule has 0 aromatic heterocycles. The number of piperidine rings is 1. The summed E-state index contributed by atoms with van der Waals surface area (Å²) in [6, 6.07) is 0.305. The lowest BCUT2D eigenvalue weighted by molar-refractivity contribution is -0.192. The van der Waals surface area contributed by atoms with Crippen molar-refractivity contribution in [2.45, 2.75) is 31.1 Å². The van der Waals surface area contributed by atoms with Gasteiger partial charge >= 0.3 is 18.1 Å². The van der Waals surface area contributed by atoms with Crippen molar-refractivity contribution in [3.8, 4) is 0 Å². The van der Waals surface area contributed by atoms with Gasteiger partial charge in [-0.3, -0.25) is 4.79 Å². The van der Waals surface area contributed by atoms with Crippen LogP contribution in [0.15, 0.2) is 0 Å². The summed E-state index contributed by atoms with van der Waals surface area (Å²) in [5, 5.41) is 18.6. The van der Waals surface area contributed by atoms with Crippen LogP contribution >= 0.6 is 0 Å². The quantitative estimate of drug-likeness (QED) is 0.620. The summed E-state index contributed by atoms with van der Waals surface area (Å²) in [5.41, 5.74) is 0. The van der Waals surface area contributed by atoms with Gasteiger partial charge in [-0.15, -0.1) is 0 Å². The molecule has 16 heavy (non-hydrogen) atoms. The molecular weight excluding hydrogens is 231 g/mol. The molecule has 2 aliphatic rings. The second kappa shape index (κ2) is 4.28. The Labute approximate surface area is 88.2 Å². The molecule has 0 aromatic rings. The number of carboxylic acid groups (broad SMARTS) is 2. The highest BCUT2D eigenvalue weighted by atomic mass is 19.4. The van der Waals surface area contributed by atoms with Crippen LogP contribution in [0.4, 0.5) is 13.2 Å². The van der Waals surface area contributed by atoms with Gasteiger partial charge in [0, 0.05) is 6.04 Å². The van der Waals surface area contributed by atoms with Gasteiger partial charge in [0.15, 0.2) is 0 Å². The second-order valence-electron chi connectivity index (χ2n) is 3.70. The number of hydrogen-bond donors (Lipinski definition) is 3. The lowest BCUT2D eigenvalue weighted by Gasteiger charge is -2.04. The van der Waals surface area contributed by atoms with Gasteiger partial charge in [-0.1, -0.05) is 0 Å². The van der Waals surface area contributed by atoms with Crippen molar-refractivity contribution in [3.63, 3.8) is 0 Å². The third-order valence-corrected chi connectivity index (χ3v) is 2.42. The van der Waals surface area contributed by atoms with E-state index in [0.29, 0.717) is 12.0 Å². The van der Waals surface area contributed by atoms with Gasteiger partial charge in [-0.25, -0.2) is 4.79 Å². The molecule has 1 aliphatic carbocycles. The molecule has 0 aromatic carbocycles. The van der Waals surface area contributed by atoms with Crippen LogP contribution in [0.25, 0.3) is 0 Å². The van der Waals surface area contributed by atoms with E-state index in [2.05, 4.69) is 5.32 Å². The summed E-state index contributed by atoms with van der Waals surface area (Å²) in [6.07, 6.45) is -3.04. The van der Waals surface area contributed by atoms with Crippen LogP contribution < -0.4 is 5.32 Å². The van der Waals surface area contributed by atoms with Gasteiger partial charge in [0.25, 0.3) is 0 Å². The number of aliphatic carboxylic acids is 2. The highest BCUT2D eigenvalue weighted by Gasteiger charge is 2.47. The third-order valence-electron chi connectivity index (χ3n) is 2.42. The maximum atomic E-state index is 10.6. The van der Waals surface area contributed by atoms with E-state index >= 15 is 0 Å². The molecule has 0 bridgehead atoms. The number of halogens is 3. The van der Waals surface area contributed by atoms with Crippen molar-refractivity contribution < 1.29 is 33.0 Å². The lowest BCUT2D eigenvalue weighted by atomic mass is 10.2. The number of rotatable bonds is 1. The van der Waals surface area contributed by atoms with Gasteiger partial charge in [0.05, 0.1) is 0 Å². The summed E-state index contributed by atoms with van der Waals surface area (Å²) in [4.78, 5) is 19.2. The van der Waals surface area contributed by atoms with Crippen LogP contribution in [0, 0.1) is 5.92 Å². The minimum atomic E-state index is -5.08. The monoisotopic (exact) mass is 241 g/mol. The van der Waals surface area contributed by atoms with Crippen LogP contribution in [0.1, 0.15) is 12.8 Å². The molecule has 5 nitrogen and oxygen atoms in total. The first-order valence-corrected chi connectivity index (χ1v) is 4.50. The summed E-state index contributed by atoms with van der Waals surface area (Å²) >= 11 is 0. The zero-order chi connectivity index (χ0) is 12.5. The molecular formula is C8H10F3NO4. The zero-order valence-corrected chi connectivity index (χ0v) is 7.99. The molecule has 1 heterocycles. The molecule has 1 saturated carbocycles. The Morgan fingerprint density at radius 3 is 1.88 bits per heavy atom. The minimum absolute atomic E-state index is 0.242. The number of fused-ring (bicyclic) bond motifs is 1. The first-order valence-electron chi connectivity index (χ1n) is 4.50. The highest BCUT2D eigenvalue weighted by molar-refractivity contribution is 5.74. The van der Waals surface area contributed by atoms with Crippen molar-refractivity contribution in [3.05, 3.63) is 0 Å². The lowest BCUT2D eigenvalue weighted by Crippen LogP contribution is -2.33. The standard InChI is InChI=1S/C6H9NO2.C2HF3O2/c8-6(9)5-2-3-1-4(3)7-5;3-2(4,5)1(6)7/h3-5,7H,1-2H2,(H,8,9);(H,6,7)/t3-,4-,5-;/m1./s1. The predicted octanol–water partition coefficient (Wildman–Crippen LogP) is 0.455. The molecule has 1 saturated heterocycles. The number of alkyl halides is 3. The Morgan fingerprint density at radius 2 is 1.69 bits per heavy atom. The number of carbonyl (C=O) groups is 2. The fraction of sp³-hybridized carbons (Fsp3) is 0.750. The van der Waals surface area contributed by atoms with E-state index in [9.17, 15) is 18.0 Å². The Balaban J connectivity index is 0.000000168. The molecule has 2 fully saturated rings. The molecule has 3 atom stereocenters. The van der Waals surface area contributed by atoms with Crippen LogP contribution in [-0.4, -0.2) is 40.4 Å². The normalized spacial score (nSPS) is 31.1. The molecule has 1 aliphatic heterocycles. The first kappa shape index (κ1) is 12.8. The topological polar surface area (TPSA) is 86.6 Å².